The van der Waals surface area contributed by atoms with Crippen LogP contribution in [-0.2, 0) is 0 Å². The molecule has 3 aromatic rings. The minimum Gasteiger partial charge on any atom is -0.493 e. The highest BCUT2D eigenvalue weighted by Gasteiger charge is 2.00. The van der Waals surface area contributed by atoms with Crippen molar-refractivity contribution in [3.05, 3.63) is 48.3 Å². The summed E-state index contributed by atoms with van der Waals surface area (Å²) in [5.74, 6) is 1.40. The molecule has 7 heteroatoms. The van der Waals surface area contributed by atoms with Crippen molar-refractivity contribution in [3.8, 4) is 5.75 Å². The Labute approximate surface area is 121 Å². The van der Waals surface area contributed by atoms with Crippen LogP contribution in [0.2, 0.25) is 0 Å². The topological polar surface area (TPSA) is 76.7 Å². The normalized spacial score (nSPS) is 11.1. The van der Waals surface area contributed by atoms with Crippen LogP contribution in [0, 0.1) is 0 Å². The minimum absolute atomic E-state index is 0.604. The molecule has 0 spiro atoms. The molecular formula is C14H14N6O. The van der Waals surface area contributed by atoms with Crippen molar-refractivity contribution in [2.75, 3.05) is 12.0 Å². The smallest absolute Gasteiger partial charge is 0.177 e. The highest BCUT2D eigenvalue weighted by Crippen LogP contribution is 2.15. The summed E-state index contributed by atoms with van der Waals surface area (Å²) in [6.45, 7) is 2.56. The van der Waals surface area contributed by atoms with Crippen LogP contribution in [0.25, 0.3) is 5.65 Å². The van der Waals surface area contributed by atoms with Crippen LogP contribution in [0.1, 0.15) is 12.5 Å². The van der Waals surface area contributed by atoms with E-state index >= 15 is 0 Å². The molecular weight excluding hydrogens is 268 g/mol. The lowest BCUT2D eigenvalue weighted by atomic mass is 10.2. The van der Waals surface area contributed by atoms with Gasteiger partial charge >= 0.3 is 0 Å². The summed E-state index contributed by atoms with van der Waals surface area (Å²) in [4.78, 5) is 0. The zero-order chi connectivity index (χ0) is 14.5. The fourth-order valence-electron chi connectivity index (χ4n) is 1.83. The average molecular weight is 282 g/mol. The number of anilines is 1. The van der Waals surface area contributed by atoms with Gasteiger partial charge in [-0.15, -0.1) is 15.3 Å². The van der Waals surface area contributed by atoms with Crippen molar-refractivity contribution in [3.63, 3.8) is 0 Å². The second-order valence-electron chi connectivity index (χ2n) is 4.19. The van der Waals surface area contributed by atoms with Gasteiger partial charge in [-0.05, 0) is 31.2 Å². The first kappa shape index (κ1) is 13.0. The molecule has 0 saturated heterocycles. The molecule has 1 aromatic carbocycles. The van der Waals surface area contributed by atoms with Crippen LogP contribution in [0.4, 0.5) is 5.82 Å². The largest absolute Gasteiger partial charge is 0.493 e. The number of hydrogen-bond acceptors (Lipinski definition) is 6. The van der Waals surface area contributed by atoms with Crippen molar-refractivity contribution >= 4 is 17.7 Å². The second-order valence-corrected chi connectivity index (χ2v) is 4.19. The van der Waals surface area contributed by atoms with Crippen molar-refractivity contribution < 1.29 is 4.74 Å². The zero-order valence-electron chi connectivity index (χ0n) is 11.5. The highest BCUT2D eigenvalue weighted by atomic mass is 16.5. The number of ether oxygens (including phenoxy) is 1. The van der Waals surface area contributed by atoms with Gasteiger partial charge in [-0.25, -0.2) is 0 Å². The standard InChI is InChI=1S/C14H14N6O/c1-2-21-12-6-4-3-5-11(12)9-15-17-13-7-8-14-18-16-10-20(14)19-13/h3-10H,2H2,1H3,(H,17,19). The molecule has 0 saturated carbocycles. The maximum Gasteiger partial charge on any atom is 0.177 e. The number of fused-ring (bicyclic) bond motifs is 1. The molecule has 21 heavy (non-hydrogen) atoms. The summed E-state index contributed by atoms with van der Waals surface area (Å²) in [6, 6.07) is 11.3. The Balaban J connectivity index is 1.74. The lowest BCUT2D eigenvalue weighted by Gasteiger charge is -2.05. The van der Waals surface area contributed by atoms with Gasteiger partial charge in [0.25, 0.3) is 0 Å². The molecule has 106 valence electrons. The molecule has 0 unspecified atom stereocenters. The quantitative estimate of drug-likeness (QED) is 0.572. The van der Waals surface area contributed by atoms with Crippen LogP contribution in [0.15, 0.2) is 47.8 Å². The number of hydrogen-bond donors (Lipinski definition) is 1. The molecule has 0 fully saturated rings. The van der Waals surface area contributed by atoms with E-state index in [-0.39, 0.29) is 0 Å². The Morgan fingerprint density at radius 3 is 3.10 bits per heavy atom. The monoisotopic (exact) mass is 282 g/mol. The van der Waals surface area contributed by atoms with Crippen LogP contribution in [0.3, 0.4) is 0 Å². The van der Waals surface area contributed by atoms with E-state index in [1.807, 2.05) is 37.3 Å². The average Bonchev–Trinajstić information content (AvgIpc) is 2.97. The van der Waals surface area contributed by atoms with Crippen LogP contribution in [0.5, 0.6) is 5.75 Å². The number of para-hydroxylation sites is 1. The van der Waals surface area contributed by atoms with E-state index in [0.717, 1.165) is 11.3 Å². The van der Waals surface area contributed by atoms with Gasteiger partial charge in [0.15, 0.2) is 11.5 Å². The molecule has 0 aliphatic heterocycles. The Kier molecular flexibility index (Phi) is 3.72. The van der Waals surface area contributed by atoms with Crippen molar-refractivity contribution in [1.82, 2.24) is 19.8 Å². The van der Waals surface area contributed by atoms with Crippen molar-refractivity contribution in [2.45, 2.75) is 6.92 Å². The molecule has 0 radical (unpaired) electrons. The van der Waals surface area contributed by atoms with E-state index < -0.39 is 0 Å². The van der Waals surface area contributed by atoms with E-state index in [9.17, 15) is 0 Å². The second kappa shape index (κ2) is 6.00. The Morgan fingerprint density at radius 2 is 2.19 bits per heavy atom. The van der Waals surface area contributed by atoms with E-state index in [1.54, 1.807) is 16.8 Å². The number of benzene rings is 1. The lowest BCUT2D eigenvalue weighted by molar-refractivity contribution is 0.340. The third-order valence-electron chi connectivity index (χ3n) is 2.76. The SMILES string of the molecule is CCOc1ccccc1C=NNc1ccc2nncn2n1. The zero-order valence-corrected chi connectivity index (χ0v) is 11.5. The third kappa shape index (κ3) is 2.97. The highest BCUT2D eigenvalue weighted by molar-refractivity contribution is 5.83. The molecule has 0 atom stereocenters. The fraction of sp³-hybridized carbons (Fsp3) is 0.143. The van der Waals surface area contributed by atoms with E-state index in [2.05, 4.69) is 25.8 Å². The van der Waals surface area contributed by atoms with Gasteiger partial charge in [0.05, 0.1) is 12.8 Å². The summed E-state index contributed by atoms with van der Waals surface area (Å²) in [5.41, 5.74) is 4.46. The fourth-order valence-corrected chi connectivity index (χ4v) is 1.83. The Morgan fingerprint density at radius 1 is 1.29 bits per heavy atom. The number of nitrogens with zero attached hydrogens (tertiary/aromatic N) is 5. The van der Waals surface area contributed by atoms with Gasteiger partial charge in [-0.2, -0.15) is 9.62 Å². The van der Waals surface area contributed by atoms with Crippen LogP contribution >= 0.6 is 0 Å². The number of aromatic nitrogens is 4. The van der Waals surface area contributed by atoms with Gasteiger partial charge in [0.1, 0.15) is 12.1 Å². The van der Waals surface area contributed by atoms with Gasteiger partial charge in [-0.1, -0.05) is 12.1 Å². The molecule has 7 nitrogen and oxygen atoms in total. The summed E-state index contributed by atoms with van der Waals surface area (Å²) >= 11 is 0. The predicted octanol–water partition coefficient (Wildman–Crippen LogP) is 1.97. The molecule has 2 aromatic heterocycles. The molecule has 1 N–H and O–H groups in total. The summed E-state index contributed by atoms with van der Waals surface area (Å²) < 4.78 is 7.11. The van der Waals surface area contributed by atoms with Crippen LogP contribution in [-0.4, -0.2) is 32.6 Å². The Bertz CT molecular complexity index is 767. The van der Waals surface area contributed by atoms with Crippen molar-refractivity contribution in [1.29, 1.82) is 0 Å². The minimum atomic E-state index is 0.604. The van der Waals surface area contributed by atoms with Crippen LogP contribution < -0.4 is 10.2 Å². The van der Waals surface area contributed by atoms with Gasteiger partial charge in [0, 0.05) is 5.56 Å². The number of rotatable bonds is 5. The summed E-state index contributed by atoms with van der Waals surface area (Å²) in [6.07, 6.45) is 3.23. The molecule has 2 heterocycles. The van der Waals surface area contributed by atoms with Gasteiger partial charge in [0.2, 0.25) is 0 Å². The molecule has 0 bridgehead atoms. The van der Waals surface area contributed by atoms with E-state index in [1.165, 1.54) is 6.33 Å². The van der Waals surface area contributed by atoms with E-state index in [0.29, 0.717) is 18.1 Å². The lowest BCUT2D eigenvalue weighted by Crippen LogP contribution is -1.99. The van der Waals surface area contributed by atoms with Gasteiger partial charge < -0.3 is 4.74 Å². The van der Waals surface area contributed by atoms with E-state index in [4.69, 9.17) is 4.74 Å². The molecule has 0 amide bonds. The summed E-state index contributed by atoms with van der Waals surface area (Å²) in [7, 11) is 0. The Hall–Kier alpha value is -2.96. The first-order valence-electron chi connectivity index (χ1n) is 6.55. The maximum absolute atomic E-state index is 5.53. The molecule has 3 rings (SSSR count). The number of hydrazone groups is 1. The predicted molar refractivity (Wildman–Crippen MR) is 79.6 cm³/mol. The molecule has 0 aliphatic rings. The van der Waals surface area contributed by atoms with Crippen molar-refractivity contribution in [2.24, 2.45) is 5.10 Å². The summed E-state index contributed by atoms with van der Waals surface area (Å²) in [5, 5.41) is 16.1. The first-order valence-corrected chi connectivity index (χ1v) is 6.55. The third-order valence-corrected chi connectivity index (χ3v) is 2.76. The maximum atomic E-state index is 5.53. The first-order chi connectivity index (χ1) is 10.4. The number of nitrogens with one attached hydrogen (secondary N) is 1. The molecule has 0 aliphatic carbocycles. The van der Waals surface area contributed by atoms with Gasteiger partial charge in [-0.3, -0.25) is 5.43 Å².